The lowest BCUT2D eigenvalue weighted by atomic mass is 10.2. The van der Waals surface area contributed by atoms with Crippen LogP contribution < -0.4 is 15.6 Å². The lowest BCUT2D eigenvalue weighted by molar-refractivity contribution is -0.117. The van der Waals surface area contributed by atoms with Gasteiger partial charge in [0.2, 0.25) is 5.91 Å². The van der Waals surface area contributed by atoms with Gasteiger partial charge in [0.1, 0.15) is 18.0 Å². The molecule has 0 aliphatic heterocycles. The van der Waals surface area contributed by atoms with Crippen LogP contribution in [0.3, 0.4) is 0 Å². The van der Waals surface area contributed by atoms with Gasteiger partial charge in [-0.05, 0) is 54.6 Å². The number of nitrogens with one attached hydrogen (secondary N) is 1. The molecule has 30 heavy (non-hydrogen) atoms. The molecule has 0 saturated heterocycles. The summed E-state index contributed by atoms with van der Waals surface area (Å²) in [5.41, 5.74) is 1.57. The van der Waals surface area contributed by atoms with Crippen LogP contribution in [0, 0.1) is 0 Å². The molecule has 148 valence electrons. The zero-order valence-corrected chi connectivity index (χ0v) is 15.9. The number of nitrogens with zero attached hydrogens (tertiary/aromatic N) is 3. The monoisotopic (exact) mass is 398 g/mol. The summed E-state index contributed by atoms with van der Waals surface area (Å²) in [6.45, 7) is -0.199. The minimum Gasteiger partial charge on any atom is -0.457 e. The van der Waals surface area contributed by atoms with E-state index in [1.165, 1.54) is 6.07 Å². The average molecular weight is 398 g/mol. The SMILES string of the molecule is O=C(Cn1nc(-c2cccnc2)ccc1=O)Nc1ccc(Oc2ccccc2)cc1. The highest BCUT2D eigenvalue weighted by atomic mass is 16.5. The first-order valence-electron chi connectivity index (χ1n) is 9.29. The number of ether oxygens (including phenoxy) is 1. The van der Waals surface area contributed by atoms with Gasteiger partial charge in [-0.3, -0.25) is 14.6 Å². The molecule has 7 heteroatoms. The Morgan fingerprint density at radius 3 is 2.40 bits per heavy atom. The third-order valence-electron chi connectivity index (χ3n) is 4.23. The summed E-state index contributed by atoms with van der Waals surface area (Å²) in [7, 11) is 0. The molecule has 1 amide bonds. The van der Waals surface area contributed by atoms with E-state index in [0.29, 0.717) is 17.1 Å². The third kappa shape index (κ3) is 4.77. The molecule has 2 aromatic carbocycles. The van der Waals surface area contributed by atoms with Crippen molar-refractivity contribution in [2.75, 3.05) is 5.32 Å². The first kappa shape index (κ1) is 19.1. The van der Waals surface area contributed by atoms with Gasteiger partial charge in [0.15, 0.2) is 0 Å². The number of hydrogen-bond donors (Lipinski definition) is 1. The largest absolute Gasteiger partial charge is 0.457 e. The number of amides is 1. The first-order chi connectivity index (χ1) is 14.7. The molecule has 0 aliphatic rings. The van der Waals surface area contributed by atoms with E-state index in [-0.39, 0.29) is 18.0 Å². The molecule has 0 radical (unpaired) electrons. The molecule has 0 spiro atoms. The van der Waals surface area contributed by atoms with E-state index in [9.17, 15) is 9.59 Å². The number of para-hydroxylation sites is 1. The van der Waals surface area contributed by atoms with Crippen molar-refractivity contribution in [3.8, 4) is 22.8 Å². The summed E-state index contributed by atoms with van der Waals surface area (Å²) in [5.74, 6) is 1.03. The summed E-state index contributed by atoms with van der Waals surface area (Å²) in [5, 5.41) is 7.03. The maximum absolute atomic E-state index is 12.4. The van der Waals surface area contributed by atoms with Crippen LogP contribution in [-0.2, 0) is 11.3 Å². The van der Waals surface area contributed by atoms with Gasteiger partial charge in [0.25, 0.3) is 5.56 Å². The Labute approximate surface area is 172 Å². The number of aromatic nitrogens is 3. The Bertz CT molecular complexity index is 1190. The summed E-state index contributed by atoms with van der Waals surface area (Å²) in [6.07, 6.45) is 3.30. The number of anilines is 1. The van der Waals surface area contributed by atoms with Gasteiger partial charge in [-0.25, -0.2) is 4.68 Å². The van der Waals surface area contributed by atoms with E-state index in [2.05, 4.69) is 15.4 Å². The number of carbonyl (C=O) groups is 1. The molecular weight excluding hydrogens is 380 g/mol. The Balaban J connectivity index is 1.42. The fourth-order valence-electron chi connectivity index (χ4n) is 2.80. The van der Waals surface area contributed by atoms with Crippen LogP contribution >= 0.6 is 0 Å². The van der Waals surface area contributed by atoms with E-state index in [4.69, 9.17) is 4.74 Å². The molecule has 1 N–H and O–H groups in total. The highest BCUT2D eigenvalue weighted by Gasteiger charge is 2.09. The van der Waals surface area contributed by atoms with Crippen molar-refractivity contribution in [1.82, 2.24) is 14.8 Å². The van der Waals surface area contributed by atoms with Crippen molar-refractivity contribution < 1.29 is 9.53 Å². The smallest absolute Gasteiger partial charge is 0.267 e. The van der Waals surface area contributed by atoms with Gasteiger partial charge < -0.3 is 10.1 Å². The number of pyridine rings is 1. The van der Waals surface area contributed by atoms with Gasteiger partial charge in [0, 0.05) is 29.7 Å². The molecule has 2 heterocycles. The fraction of sp³-hybridized carbons (Fsp3) is 0.0435. The topological polar surface area (TPSA) is 86.1 Å². The van der Waals surface area contributed by atoms with E-state index in [0.717, 1.165) is 16.0 Å². The van der Waals surface area contributed by atoms with Crippen LogP contribution in [0.2, 0.25) is 0 Å². The van der Waals surface area contributed by atoms with Crippen LogP contribution in [-0.4, -0.2) is 20.7 Å². The van der Waals surface area contributed by atoms with Crippen molar-refractivity contribution in [3.05, 3.63) is 102 Å². The van der Waals surface area contributed by atoms with Gasteiger partial charge in [-0.1, -0.05) is 18.2 Å². The lowest BCUT2D eigenvalue weighted by Crippen LogP contribution is -2.29. The molecule has 0 bridgehead atoms. The molecule has 4 aromatic rings. The molecular formula is C23H18N4O3. The lowest BCUT2D eigenvalue weighted by Gasteiger charge is -2.09. The van der Waals surface area contributed by atoms with Crippen molar-refractivity contribution in [1.29, 1.82) is 0 Å². The second-order valence-electron chi connectivity index (χ2n) is 6.44. The summed E-state index contributed by atoms with van der Waals surface area (Å²) in [6, 6.07) is 23.0. The predicted molar refractivity (Wildman–Crippen MR) is 113 cm³/mol. The maximum atomic E-state index is 12.4. The second-order valence-corrected chi connectivity index (χ2v) is 6.44. The minimum absolute atomic E-state index is 0.199. The molecule has 4 rings (SSSR count). The number of benzene rings is 2. The van der Waals surface area contributed by atoms with Gasteiger partial charge in [-0.15, -0.1) is 0 Å². The highest BCUT2D eigenvalue weighted by Crippen LogP contribution is 2.22. The third-order valence-corrected chi connectivity index (χ3v) is 4.23. The standard InChI is InChI=1S/C23H18N4O3/c28-22(16-27-23(29)13-12-21(26-27)17-5-4-14-24-15-17)25-18-8-10-20(11-9-18)30-19-6-2-1-3-7-19/h1-15H,16H2,(H,25,28). The first-order valence-corrected chi connectivity index (χ1v) is 9.29. The molecule has 0 unspecified atom stereocenters. The highest BCUT2D eigenvalue weighted by molar-refractivity contribution is 5.90. The second kappa shape index (κ2) is 8.83. The zero-order valence-electron chi connectivity index (χ0n) is 15.9. The van der Waals surface area contributed by atoms with Crippen molar-refractivity contribution >= 4 is 11.6 Å². The molecule has 0 saturated carbocycles. The fourth-order valence-corrected chi connectivity index (χ4v) is 2.80. The number of hydrogen-bond acceptors (Lipinski definition) is 5. The Hall–Kier alpha value is -4.26. The van der Waals surface area contributed by atoms with Crippen LogP contribution in [0.4, 0.5) is 5.69 Å². The number of rotatable bonds is 6. The van der Waals surface area contributed by atoms with Crippen LogP contribution in [0.5, 0.6) is 11.5 Å². The van der Waals surface area contributed by atoms with Crippen LogP contribution in [0.25, 0.3) is 11.3 Å². The molecule has 0 fully saturated rings. The van der Waals surface area contributed by atoms with E-state index >= 15 is 0 Å². The molecule has 0 atom stereocenters. The van der Waals surface area contributed by atoms with Gasteiger partial charge in [0.05, 0.1) is 5.69 Å². The average Bonchev–Trinajstić information content (AvgIpc) is 2.78. The van der Waals surface area contributed by atoms with Crippen LogP contribution in [0.15, 0.2) is 96.1 Å². The summed E-state index contributed by atoms with van der Waals surface area (Å²) in [4.78, 5) is 28.5. The van der Waals surface area contributed by atoms with Crippen LogP contribution in [0.1, 0.15) is 0 Å². The summed E-state index contributed by atoms with van der Waals surface area (Å²) >= 11 is 0. The van der Waals surface area contributed by atoms with Crippen molar-refractivity contribution in [2.24, 2.45) is 0 Å². The molecule has 0 aliphatic carbocycles. The normalized spacial score (nSPS) is 10.4. The van der Waals surface area contributed by atoms with Crippen molar-refractivity contribution in [2.45, 2.75) is 6.54 Å². The Morgan fingerprint density at radius 1 is 0.900 bits per heavy atom. The molecule has 2 aromatic heterocycles. The van der Waals surface area contributed by atoms with Crippen molar-refractivity contribution in [3.63, 3.8) is 0 Å². The van der Waals surface area contributed by atoms with Gasteiger partial charge in [-0.2, -0.15) is 5.10 Å². The summed E-state index contributed by atoms with van der Waals surface area (Å²) < 4.78 is 6.86. The maximum Gasteiger partial charge on any atom is 0.267 e. The van der Waals surface area contributed by atoms with E-state index in [1.54, 1.807) is 48.8 Å². The van der Waals surface area contributed by atoms with E-state index in [1.807, 2.05) is 36.4 Å². The minimum atomic E-state index is -0.357. The Kier molecular flexibility index (Phi) is 5.61. The van der Waals surface area contributed by atoms with E-state index < -0.39 is 0 Å². The Morgan fingerprint density at radius 2 is 1.67 bits per heavy atom. The zero-order chi connectivity index (χ0) is 20.8. The number of carbonyl (C=O) groups excluding carboxylic acids is 1. The quantitative estimate of drug-likeness (QED) is 0.535. The molecule has 7 nitrogen and oxygen atoms in total. The van der Waals surface area contributed by atoms with Gasteiger partial charge >= 0.3 is 0 Å². The predicted octanol–water partition coefficient (Wildman–Crippen LogP) is 3.74.